The highest BCUT2D eigenvalue weighted by molar-refractivity contribution is 6.00. The minimum atomic E-state index is -0.218. The average Bonchev–Trinajstić information content (AvgIpc) is 2.69. The molecule has 1 aromatic heterocycles. The number of benzene rings is 1. The quantitative estimate of drug-likeness (QED) is 0.720. The van der Waals surface area contributed by atoms with Crippen LogP contribution in [0.5, 0.6) is 0 Å². The van der Waals surface area contributed by atoms with Crippen LogP contribution in [0.2, 0.25) is 0 Å². The van der Waals surface area contributed by atoms with Crippen LogP contribution in [-0.2, 0) is 0 Å². The van der Waals surface area contributed by atoms with Gasteiger partial charge in [-0.15, -0.1) is 0 Å². The van der Waals surface area contributed by atoms with Gasteiger partial charge in [0.05, 0.1) is 11.1 Å². The third kappa shape index (κ3) is 4.84. The molecule has 2 atom stereocenters. The van der Waals surface area contributed by atoms with Crippen LogP contribution in [0.1, 0.15) is 47.2 Å². The first kappa shape index (κ1) is 20.6. The molecule has 1 saturated carbocycles. The zero-order chi connectivity index (χ0) is 21.0. The molecule has 0 spiro atoms. The van der Waals surface area contributed by atoms with Gasteiger partial charge in [0.15, 0.2) is 0 Å². The summed E-state index contributed by atoms with van der Waals surface area (Å²) in [6, 6.07) is 11.7. The lowest BCUT2D eigenvalue weighted by molar-refractivity contribution is 0.0828. The van der Waals surface area contributed by atoms with Gasteiger partial charge in [0.25, 0.3) is 5.91 Å². The van der Waals surface area contributed by atoms with Crippen molar-refractivity contribution >= 4 is 23.2 Å². The van der Waals surface area contributed by atoms with Crippen LogP contribution >= 0.6 is 0 Å². The smallest absolute Gasteiger partial charge is 0.257 e. The van der Waals surface area contributed by atoms with Gasteiger partial charge in [-0.1, -0.05) is 25.0 Å². The number of amides is 1. The number of aromatic nitrogens is 1. The van der Waals surface area contributed by atoms with E-state index < -0.39 is 0 Å². The summed E-state index contributed by atoms with van der Waals surface area (Å²) in [4.78, 5) is 18.9. The monoisotopic (exact) mass is 392 g/mol. The molecule has 1 aliphatic rings. The molecule has 1 fully saturated rings. The lowest BCUT2D eigenvalue weighted by Crippen LogP contribution is -2.43. The molecule has 7 nitrogen and oxygen atoms in total. The number of hydrogen-bond donors (Lipinski definition) is 3. The minimum Gasteiger partial charge on any atom is -0.365 e. The Balaban J connectivity index is 2.02. The Morgan fingerprint density at radius 3 is 2.66 bits per heavy atom. The van der Waals surface area contributed by atoms with Crippen LogP contribution in [0, 0.1) is 18.3 Å². The van der Waals surface area contributed by atoms with Crippen molar-refractivity contribution in [1.29, 1.82) is 5.26 Å². The molecule has 1 aromatic carbocycles. The third-order valence-electron chi connectivity index (χ3n) is 5.20. The van der Waals surface area contributed by atoms with E-state index in [9.17, 15) is 10.1 Å². The molecule has 4 N–H and O–H groups in total. The summed E-state index contributed by atoms with van der Waals surface area (Å²) < 4.78 is 0. The lowest BCUT2D eigenvalue weighted by atomic mass is 9.91. The van der Waals surface area contributed by atoms with E-state index in [0.717, 1.165) is 36.9 Å². The molecular formula is C22H28N6O. The second-order valence-electron chi connectivity index (χ2n) is 7.79. The van der Waals surface area contributed by atoms with Crippen LogP contribution < -0.4 is 16.4 Å². The van der Waals surface area contributed by atoms with E-state index >= 15 is 0 Å². The summed E-state index contributed by atoms with van der Waals surface area (Å²) in [5, 5.41) is 16.3. The van der Waals surface area contributed by atoms with Crippen LogP contribution in [0.3, 0.4) is 0 Å². The van der Waals surface area contributed by atoms with Crippen molar-refractivity contribution < 1.29 is 4.79 Å². The van der Waals surface area contributed by atoms with Crippen molar-refractivity contribution in [2.45, 2.75) is 44.7 Å². The van der Waals surface area contributed by atoms with Gasteiger partial charge in [0.1, 0.15) is 17.7 Å². The maximum Gasteiger partial charge on any atom is 0.257 e. The number of anilines is 3. The van der Waals surface area contributed by atoms with Gasteiger partial charge < -0.3 is 21.3 Å². The topological polar surface area (TPSA) is 107 Å². The second-order valence-corrected chi connectivity index (χ2v) is 7.79. The van der Waals surface area contributed by atoms with Crippen LogP contribution in [-0.4, -0.2) is 42.0 Å². The number of carbonyl (C=O) groups excluding carboxylic acids is 1. The summed E-state index contributed by atoms with van der Waals surface area (Å²) in [7, 11) is 3.36. The standard InChI is InChI=1S/C22H28N6O/c1-14-7-6-8-16(11-14)25-21-17(22(29)28(2)3)12-15(13-23)20(27-21)26-19-10-5-4-9-18(19)24/h6-8,11-12,18-19H,4-5,9-10,24H2,1-3H3,(H2,25,26,27)/t18-,19+/m0/s1. The predicted octanol–water partition coefficient (Wildman–Crippen LogP) is 3.39. The molecule has 29 heavy (non-hydrogen) atoms. The number of carbonyl (C=O) groups is 1. The van der Waals surface area contributed by atoms with E-state index in [1.165, 1.54) is 4.90 Å². The molecule has 7 heteroatoms. The van der Waals surface area contributed by atoms with Gasteiger partial charge in [0, 0.05) is 31.9 Å². The Labute approximate surface area is 171 Å². The highest BCUT2D eigenvalue weighted by Crippen LogP contribution is 2.28. The molecule has 0 radical (unpaired) electrons. The van der Waals surface area contributed by atoms with Crippen molar-refractivity contribution in [2.75, 3.05) is 24.7 Å². The first-order chi connectivity index (χ1) is 13.9. The normalized spacial score (nSPS) is 18.6. The second kappa shape index (κ2) is 8.93. The van der Waals surface area contributed by atoms with Gasteiger partial charge in [0.2, 0.25) is 0 Å². The molecule has 0 unspecified atom stereocenters. The Hall–Kier alpha value is -3.11. The van der Waals surface area contributed by atoms with Gasteiger partial charge >= 0.3 is 0 Å². The maximum atomic E-state index is 12.7. The summed E-state index contributed by atoms with van der Waals surface area (Å²) in [5.41, 5.74) is 8.88. The molecule has 1 amide bonds. The van der Waals surface area contributed by atoms with E-state index in [4.69, 9.17) is 5.73 Å². The van der Waals surface area contributed by atoms with E-state index in [0.29, 0.717) is 22.8 Å². The van der Waals surface area contributed by atoms with Gasteiger partial charge in [-0.3, -0.25) is 4.79 Å². The number of rotatable bonds is 5. The highest BCUT2D eigenvalue weighted by atomic mass is 16.2. The Kier molecular flexibility index (Phi) is 6.35. The van der Waals surface area contributed by atoms with E-state index in [2.05, 4.69) is 21.7 Å². The third-order valence-corrected chi connectivity index (χ3v) is 5.20. The van der Waals surface area contributed by atoms with Crippen LogP contribution in [0.15, 0.2) is 30.3 Å². The van der Waals surface area contributed by atoms with Gasteiger partial charge in [-0.05, 0) is 43.5 Å². The minimum absolute atomic E-state index is 0.0216. The SMILES string of the molecule is Cc1cccc(Nc2nc(N[C@@H]3CCCC[C@@H]3N)c(C#N)cc2C(=O)N(C)C)c1. The summed E-state index contributed by atoms with van der Waals surface area (Å²) in [6.45, 7) is 2.00. The molecule has 152 valence electrons. The van der Waals surface area contributed by atoms with Gasteiger partial charge in [-0.25, -0.2) is 4.98 Å². The fraction of sp³-hybridized carbons (Fsp3) is 0.409. The number of pyridine rings is 1. The summed E-state index contributed by atoms with van der Waals surface area (Å²) in [5.74, 6) is 0.658. The predicted molar refractivity (Wildman–Crippen MR) is 115 cm³/mol. The molecule has 0 bridgehead atoms. The van der Waals surface area contributed by atoms with E-state index in [1.807, 2.05) is 31.2 Å². The Morgan fingerprint density at radius 2 is 2.00 bits per heavy atom. The van der Waals surface area contributed by atoms with E-state index in [-0.39, 0.29) is 18.0 Å². The average molecular weight is 393 g/mol. The molecular weight excluding hydrogens is 364 g/mol. The van der Waals surface area contributed by atoms with Crippen LogP contribution in [0.25, 0.3) is 0 Å². The maximum absolute atomic E-state index is 12.7. The molecule has 3 rings (SSSR count). The first-order valence-electron chi connectivity index (χ1n) is 9.91. The van der Waals surface area contributed by atoms with Crippen molar-refractivity contribution in [3.8, 4) is 6.07 Å². The zero-order valence-corrected chi connectivity index (χ0v) is 17.2. The molecule has 1 aliphatic carbocycles. The molecule has 1 heterocycles. The summed E-state index contributed by atoms with van der Waals surface area (Å²) in [6.07, 6.45) is 4.10. The van der Waals surface area contributed by atoms with Gasteiger partial charge in [-0.2, -0.15) is 5.26 Å². The number of nitrogens with two attached hydrogens (primary N) is 1. The summed E-state index contributed by atoms with van der Waals surface area (Å²) >= 11 is 0. The number of nitrogens with one attached hydrogen (secondary N) is 2. The first-order valence-corrected chi connectivity index (χ1v) is 9.91. The fourth-order valence-corrected chi connectivity index (χ4v) is 3.58. The Morgan fingerprint density at radius 1 is 1.24 bits per heavy atom. The van der Waals surface area contributed by atoms with Crippen molar-refractivity contribution in [1.82, 2.24) is 9.88 Å². The fourth-order valence-electron chi connectivity index (χ4n) is 3.58. The number of nitrogens with zero attached hydrogens (tertiary/aromatic N) is 3. The number of aryl methyl sites for hydroxylation is 1. The molecule has 0 saturated heterocycles. The van der Waals surface area contributed by atoms with Crippen molar-refractivity contribution in [3.63, 3.8) is 0 Å². The lowest BCUT2D eigenvalue weighted by Gasteiger charge is -2.30. The number of hydrogen-bond acceptors (Lipinski definition) is 6. The molecule has 0 aliphatic heterocycles. The largest absolute Gasteiger partial charge is 0.365 e. The van der Waals surface area contributed by atoms with Crippen molar-refractivity contribution in [2.24, 2.45) is 5.73 Å². The Bertz CT molecular complexity index is 933. The molecule has 2 aromatic rings. The van der Waals surface area contributed by atoms with E-state index in [1.54, 1.807) is 20.2 Å². The number of nitriles is 1. The highest BCUT2D eigenvalue weighted by Gasteiger charge is 2.25. The zero-order valence-electron chi connectivity index (χ0n) is 17.2. The van der Waals surface area contributed by atoms with Crippen LogP contribution in [0.4, 0.5) is 17.3 Å². The van der Waals surface area contributed by atoms with Crippen molar-refractivity contribution in [3.05, 3.63) is 47.0 Å².